The summed E-state index contributed by atoms with van der Waals surface area (Å²) in [7, 11) is 0. The van der Waals surface area contributed by atoms with Gasteiger partial charge in [0.25, 0.3) is 5.56 Å². The van der Waals surface area contributed by atoms with Gasteiger partial charge in [-0.2, -0.15) is 0 Å². The fourth-order valence-electron chi connectivity index (χ4n) is 2.84. The number of fused-ring (bicyclic) bond motifs is 3. The topological polar surface area (TPSA) is 80.9 Å². The van der Waals surface area contributed by atoms with Crippen LogP contribution >= 0.6 is 0 Å². The predicted molar refractivity (Wildman–Crippen MR) is 91.9 cm³/mol. The van der Waals surface area contributed by atoms with Crippen LogP contribution in [0.4, 0.5) is 5.69 Å². The largest absolute Gasteiger partial charge is 0.505 e. The Labute approximate surface area is 131 Å². The molecule has 0 fully saturated rings. The molecule has 4 aromatic rings. The fraction of sp³-hybridized carbons (Fsp3) is 0.0556. The Hall–Kier alpha value is -3.21. The molecule has 0 aliphatic heterocycles. The van der Waals surface area contributed by atoms with Gasteiger partial charge < -0.3 is 20.4 Å². The third-order valence-corrected chi connectivity index (χ3v) is 3.96. The maximum atomic E-state index is 12.3. The minimum atomic E-state index is -0.350. The summed E-state index contributed by atoms with van der Waals surface area (Å²) in [5.74, 6) is -0.0304. The van der Waals surface area contributed by atoms with Crippen LogP contribution < -0.4 is 10.9 Å². The smallest absolute Gasteiger partial charge is 0.276 e. The van der Waals surface area contributed by atoms with E-state index in [1.807, 2.05) is 54.6 Å². The molecule has 23 heavy (non-hydrogen) atoms. The molecule has 0 aliphatic carbocycles. The molecule has 0 amide bonds. The number of hydrogen-bond donors (Lipinski definition) is 4. The van der Waals surface area contributed by atoms with Gasteiger partial charge in [-0.15, -0.1) is 0 Å². The van der Waals surface area contributed by atoms with Gasteiger partial charge in [-0.3, -0.25) is 4.79 Å². The highest BCUT2D eigenvalue weighted by Crippen LogP contribution is 2.34. The molecule has 0 bridgehead atoms. The number of anilines is 1. The normalized spacial score (nSPS) is 11.1. The third-order valence-electron chi connectivity index (χ3n) is 3.96. The number of H-pyrrole nitrogens is 2. The summed E-state index contributed by atoms with van der Waals surface area (Å²) in [4.78, 5) is 18.2. The summed E-state index contributed by atoms with van der Waals surface area (Å²) in [6, 6.07) is 17.3. The zero-order valence-electron chi connectivity index (χ0n) is 12.3. The molecule has 2 heterocycles. The van der Waals surface area contributed by atoms with E-state index in [9.17, 15) is 9.90 Å². The van der Waals surface area contributed by atoms with Gasteiger partial charge in [0.15, 0.2) is 5.75 Å². The molecule has 114 valence electrons. The van der Waals surface area contributed by atoms with Crippen LogP contribution in [0, 0.1) is 0 Å². The van der Waals surface area contributed by atoms with Gasteiger partial charge in [-0.05, 0) is 11.6 Å². The number of pyridine rings is 1. The number of aromatic amines is 2. The molecule has 0 radical (unpaired) electrons. The van der Waals surface area contributed by atoms with Crippen molar-refractivity contribution in [3.63, 3.8) is 0 Å². The molecule has 0 saturated heterocycles. The van der Waals surface area contributed by atoms with Crippen molar-refractivity contribution in [2.75, 3.05) is 5.32 Å². The minimum Gasteiger partial charge on any atom is -0.505 e. The van der Waals surface area contributed by atoms with Crippen LogP contribution in [0.25, 0.3) is 21.9 Å². The van der Waals surface area contributed by atoms with Gasteiger partial charge in [-0.1, -0.05) is 48.5 Å². The van der Waals surface area contributed by atoms with Crippen molar-refractivity contribution in [3.8, 4) is 5.75 Å². The lowest BCUT2D eigenvalue weighted by Crippen LogP contribution is -2.14. The molecule has 5 nitrogen and oxygen atoms in total. The monoisotopic (exact) mass is 305 g/mol. The lowest BCUT2D eigenvalue weighted by Gasteiger charge is -2.08. The Balaban J connectivity index is 1.83. The van der Waals surface area contributed by atoms with E-state index in [-0.39, 0.29) is 17.0 Å². The summed E-state index contributed by atoms with van der Waals surface area (Å²) >= 11 is 0. The fourth-order valence-corrected chi connectivity index (χ4v) is 2.84. The number of aromatic nitrogens is 2. The van der Waals surface area contributed by atoms with Gasteiger partial charge in [-0.25, -0.2) is 0 Å². The zero-order chi connectivity index (χ0) is 15.8. The van der Waals surface area contributed by atoms with Crippen molar-refractivity contribution < 1.29 is 5.11 Å². The van der Waals surface area contributed by atoms with Crippen LogP contribution in [-0.4, -0.2) is 15.1 Å². The molecule has 0 aliphatic rings. The maximum Gasteiger partial charge on any atom is 0.276 e. The molecule has 5 heteroatoms. The van der Waals surface area contributed by atoms with Gasteiger partial charge in [0, 0.05) is 17.4 Å². The maximum absolute atomic E-state index is 12.3. The van der Waals surface area contributed by atoms with E-state index in [4.69, 9.17) is 0 Å². The Bertz CT molecular complexity index is 1050. The number of nitrogens with one attached hydrogen (secondary N) is 3. The van der Waals surface area contributed by atoms with E-state index in [0.29, 0.717) is 17.6 Å². The Kier molecular flexibility index (Phi) is 3.05. The first-order valence-corrected chi connectivity index (χ1v) is 7.37. The number of benzene rings is 2. The molecule has 0 atom stereocenters. The van der Waals surface area contributed by atoms with E-state index in [0.717, 1.165) is 16.5 Å². The van der Waals surface area contributed by atoms with Crippen molar-refractivity contribution in [1.82, 2.24) is 9.97 Å². The second kappa shape index (κ2) is 5.21. The second-order valence-electron chi connectivity index (χ2n) is 5.44. The average molecular weight is 305 g/mol. The van der Waals surface area contributed by atoms with Crippen molar-refractivity contribution in [3.05, 3.63) is 70.5 Å². The predicted octanol–water partition coefficient (Wildman–Crippen LogP) is 3.33. The minimum absolute atomic E-state index is 0.0304. The van der Waals surface area contributed by atoms with Gasteiger partial charge >= 0.3 is 0 Å². The Morgan fingerprint density at radius 2 is 1.70 bits per heavy atom. The first-order chi connectivity index (χ1) is 11.2. The van der Waals surface area contributed by atoms with Crippen molar-refractivity contribution in [1.29, 1.82) is 0 Å². The molecular weight excluding hydrogens is 290 g/mol. The molecule has 0 spiro atoms. The first kappa shape index (κ1) is 13.5. The number of hydrogen-bond acceptors (Lipinski definition) is 3. The van der Waals surface area contributed by atoms with Crippen molar-refractivity contribution in [2.24, 2.45) is 0 Å². The van der Waals surface area contributed by atoms with Crippen LogP contribution in [0.5, 0.6) is 5.75 Å². The van der Waals surface area contributed by atoms with Crippen molar-refractivity contribution >= 4 is 27.6 Å². The molecule has 4 N–H and O–H groups in total. The van der Waals surface area contributed by atoms with Gasteiger partial charge in [0.1, 0.15) is 11.3 Å². The van der Waals surface area contributed by atoms with Gasteiger partial charge in [0.2, 0.25) is 0 Å². The molecule has 4 rings (SSSR count). The highest BCUT2D eigenvalue weighted by atomic mass is 16.3. The average Bonchev–Trinajstić information content (AvgIpc) is 2.93. The van der Waals surface area contributed by atoms with E-state index in [2.05, 4.69) is 15.3 Å². The summed E-state index contributed by atoms with van der Waals surface area (Å²) in [6.45, 7) is 0.464. The van der Waals surface area contributed by atoms with Crippen LogP contribution in [0.15, 0.2) is 59.4 Å². The van der Waals surface area contributed by atoms with Crippen LogP contribution in [0.1, 0.15) is 5.56 Å². The number of aromatic hydroxyl groups is 1. The summed E-state index contributed by atoms with van der Waals surface area (Å²) in [5, 5.41) is 15.1. The first-order valence-electron chi connectivity index (χ1n) is 7.37. The third kappa shape index (κ3) is 2.23. The van der Waals surface area contributed by atoms with E-state index >= 15 is 0 Å². The summed E-state index contributed by atoms with van der Waals surface area (Å²) < 4.78 is 0. The summed E-state index contributed by atoms with van der Waals surface area (Å²) in [6.07, 6.45) is 0. The summed E-state index contributed by atoms with van der Waals surface area (Å²) in [5.41, 5.74) is 2.27. The molecule has 0 saturated carbocycles. The molecular formula is C18H15N3O2. The molecule has 2 aromatic heterocycles. The van der Waals surface area contributed by atoms with E-state index in [1.54, 1.807) is 0 Å². The standard InChI is InChI=1S/C18H15N3O2/c22-16-14-12-8-4-5-9-13(12)20-17(14)21-18(23)15(16)19-10-11-6-2-1-3-7-11/h1-9,19H,10H2,(H3,20,21,22,23). The quantitative estimate of drug-likeness (QED) is 0.468. The van der Waals surface area contributed by atoms with E-state index in [1.165, 1.54) is 0 Å². The SMILES string of the molecule is O=c1[nH]c2[nH]c3ccccc3c2c(O)c1NCc1ccccc1. The van der Waals surface area contributed by atoms with Crippen LogP contribution in [0.2, 0.25) is 0 Å². The van der Waals surface area contributed by atoms with Crippen molar-refractivity contribution in [2.45, 2.75) is 6.54 Å². The zero-order valence-corrected chi connectivity index (χ0v) is 12.3. The number of para-hydroxylation sites is 1. The molecule has 0 unspecified atom stereocenters. The highest BCUT2D eigenvalue weighted by Gasteiger charge is 2.15. The molecule has 2 aromatic carbocycles. The van der Waals surface area contributed by atoms with Crippen LogP contribution in [-0.2, 0) is 6.54 Å². The highest BCUT2D eigenvalue weighted by molar-refractivity contribution is 6.10. The Morgan fingerprint density at radius 3 is 2.52 bits per heavy atom. The van der Waals surface area contributed by atoms with E-state index < -0.39 is 0 Å². The lowest BCUT2D eigenvalue weighted by atomic mass is 10.1. The Morgan fingerprint density at radius 1 is 0.957 bits per heavy atom. The second-order valence-corrected chi connectivity index (χ2v) is 5.44. The number of rotatable bonds is 3. The lowest BCUT2D eigenvalue weighted by molar-refractivity contribution is 0.483. The van der Waals surface area contributed by atoms with Gasteiger partial charge in [0.05, 0.1) is 5.39 Å². The van der Waals surface area contributed by atoms with Crippen LogP contribution in [0.3, 0.4) is 0 Å².